The van der Waals surface area contributed by atoms with Crippen LogP contribution >= 0.6 is 34.8 Å². The van der Waals surface area contributed by atoms with E-state index in [4.69, 9.17) is 44.1 Å². The minimum atomic E-state index is -4.56. The van der Waals surface area contributed by atoms with Crippen molar-refractivity contribution in [3.63, 3.8) is 0 Å². The average Bonchev–Trinajstić information content (AvgIpc) is 3.44. The molecule has 0 bridgehead atoms. The number of nitrogens with one attached hydrogen (secondary N) is 1. The van der Waals surface area contributed by atoms with E-state index in [1.807, 2.05) is 0 Å². The summed E-state index contributed by atoms with van der Waals surface area (Å²) < 4.78 is 51.7. The molecule has 0 amide bonds. The second-order valence-electron chi connectivity index (χ2n) is 7.88. The number of piperidine rings is 1. The summed E-state index contributed by atoms with van der Waals surface area (Å²) in [5, 5.41) is 7.49. The summed E-state index contributed by atoms with van der Waals surface area (Å²) in [5.41, 5.74) is 0.681. The minimum absolute atomic E-state index is 0.0330. The Labute approximate surface area is 211 Å². The van der Waals surface area contributed by atoms with Gasteiger partial charge in [0.05, 0.1) is 27.2 Å². The van der Waals surface area contributed by atoms with Gasteiger partial charge in [-0.1, -0.05) is 46.5 Å². The first-order valence-corrected chi connectivity index (χ1v) is 11.4. The zero-order valence-corrected chi connectivity index (χ0v) is 19.9. The highest BCUT2D eigenvalue weighted by molar-refractivity contribution is 6.36. The lowest BCUT2D eigenvalue weighted by Crippen LogP contribution is -2.35. The van der Waals surface area contributed by atoms with E-state index in [9.17, 15) is 13.2 Å². The van der Waals surface area contributed by atoms with Crippen LogP contribution in [0.15, 0.2) is 47.4 Å². The molecule has 1 N–H and O–H groups in total. The Bertz CT molecular complexity index is 1440. The fraction of sp³-hybridized carbons (Fsp3) is 0.227. The summed E-state index contributed by atoms with van der Waals surface area (Å²) >= 11 is 18.9. The predicted octanol–water partition coefficient (Wildman–Crippen LogP) is 6.67. The van der Waals surface area contributed by atoms with Crippen LogP contribution in [0.5, 0.6) is 5.75 Å². The van der Waals surface area contributed by atoms with Crippen LogP contribution in [0, 0.1) is 0 Å². The molecule has 1 atom stereocenters. The van der Waals surface area contributed by atoms with Gasteiger partial charge in [0.15, 0.2) is 5.65 Å². The van der Waals surface area contributed by atoms with E-state index in [-0.39, 0.29) is 39.2 Å². The molecule has 0 saturated carbocycles. The van der Waals surface area contributed by atoms with Crippen LogP contribution in [0.2, 0.25) is 15.1 Å². The summed E-state index contributed by atoms with van der Waals surface area (Å²) in [6.07, 6.45) is -0.868. The number of hydrogen-bond donors (Lipinski definition) is 1. The van der Waals surface area contributed by atoms with Gasteiger partial charge in [0.1, 0.15) is 17.5 Å². The van der Waals surface area contributed by atoms with Crippen molar-refractivity contribution in [2.24, 2.45) is 0 Å². The standard InChI is InChI=1S/C22H15Cl3F3N5O2/c1-10-2-3-12(7-29-10)34-18-6-14(23)13(5-15(18)24)19-31-21(35-32-19)17-9-33-8-11(22(26,27)28)4-16(25)20(33)30-17/h4-6,8-9,12,29H,1-3,7H2/t12-/m0/s1. The maximum atomic E-state index is 13.1. The van der Waals surface area contributed by atoms with E-state index < -0.39 is 11.7 Å². The molecule has 0 radical (unpaired) electrons. The van der Waals surface area contributed by atoms with Crippen molar-refractivity contribution in [1.29, 1.82) is 0 Å². The third kappa shape index (κ3) is 4.78. The molecule has 13 heteroatoms. The molecular formula is C22H15Cl3F3N5O2. The first kappa shape index (κ1) is 23.8. The van der Waals surface area contributed by atoms with Gasteiger partial charge in [-0.05, 0) is 25.0 Å². The molecule has 7 nitrogen and oxygen atoms in total. The van der Waals surface area contributed by atoms with Gasteiger partial charge in [-0.2, -0.15) is 18.2 Å². The fourth-order valence-corrected chi connectivity index (χ4v) is 4.31. The normalized spacial score (nSPS) is 16.5. The molecule has 0 spiro atoms. The van der Waals surface area contributed by atoms with Crippen molar-refractivity contribution in [3.05, 3.63) is 63.5 Å². The molecule has 1 saturated heterocycles. The first-order chi connectivity index (χ1) is 16.6. The number of hydrogen-bond acceptors (Lipinski definition) is 6. The highest BCUT2D eigenvalue weighted by atomic mass is 35.5. The van der Waals surface area contributed by atoms with Crippen LogP contribution in [0.1, 0.15) is 18.4 Å². The maximum absolute atomic E-state index is 13.1. The molecule has 1 aliphatic rings. The highest BCUT2D eigenvalue weighted by Gasteiger charge is 2.32. The lowest BCUT2D eigenvalue weighted by Gasteiger charge is -2.26. The predicted molar refractivity (Wildman–Crippen MR) is 125 cm³/mol. The monoisotopic (exact) mass is 543 g/mol. The van der Waals surface area contributed by atoms with Crippen molar-refractivity contribution < 1.29 is 22.4 Å². The van der Waals surface area contributed by atoms with Gasteiger partial charge < -0.3 is 19.0 Å². The number of benzene rings is 1. The van der Waals surface area contributed by atoms with Crippen LogP contribution in [-0.2, 0) is 6.18 Å². The van der Waals surface area contributed by atoms with Gasteiger partial charge in [-0.3, -0.25) is 0 Å². The van der Waals surface area contributed by atoms with Crippen LogP contribution < -0.4 is 10.1 Å². The summed E-state index contributed by atoms with van der Waals surface area (Å²) in [4.78, 5) is 8.49. The third-order valence-electron chi connectivity index (χ3n) is 5.38. The number of ether oxygens (including phenoxy) is 1. The number of halogens is 6. The highest BCUT2D eigenvalue weighted by Crippen LogP contribution is 2.38. The zero-order chi connectivity index (χ0) is 24.9. The van der Waals surface area contributed by atoms with Crippen molar-refractivity contribution in [2.45, 2.75) is 25.1 Å². The quantitative estimate of drug-likeness (QED) is 0.309. The molecule has 1 aromatic carbocycles. The van der Waals surface area contributed by atoms with Crippen molar-refractivity contribution in [3.8, 4) is 28.7 Å². The first-order valence-electron chi connectivity index (χ1n) is 10.3. The van der Waals surface area contributed by atoms with E-state index in [0.29, 0.717) is 22.9 Å². The molecule has 0 aliphatic carbocycles. The molecule has 5 rings (SSSR count). The van der Waals surface area contributed by atoms with Gasteiger partial charge in [0.25, 0.3) is 5.89 Å². The molecule has 3 aromatic heterocycles. The molecule has 1 aliphatic heterocycles. The summed E-state index contributed by atoms with van der Waals surface area (Å²) in [6, 6.07) is 3.93. The number of pyridine rings is 1. The number of imidazole rings is 1. The van der Waals surface area contributed by atoms with E-state index >= 15 is 0 Å². The second kappa shape index (κ2) is 8.92. The second-order valence-corrected chi connectivity index (χ2v) is 9.10. The topological polar surface area (TPSA) is 77.5 Å². The minimum Gasteiger partial charge on any atom is -0.487 e. The summed E-state index contributed by atoms with van der Waals surface area (Å²) in [7, 11) is 0. The van der Waals surface area contributed by atoms with Crippen LogP contribution in [0.4, 0.5) is 13.2 Å². The number of alkyl halides is 3. The molecule has 35 heavy (non-hydrogen) atoms. The Morgan fingerprint density at radius 1 is 1.09 bits per heavy atom. The Balaban J connectivity index is 1.42. The van der Waals surface area contributed by atoms with Crippen molar-refractivity contribution in [2.75, 3.05) is 6.54 Å². The molecular weight excluding hydrogens is 530 g/mol. The van der Waals surface area contributed by atoms with E-state index in [1.54, 1.807) is 12.1 Å². The molecule has 4 aromatic rings. The number of allylic oxidation sites excluding steroid dienone is 1. The lowest BCUT2D eigenvalue weighted by molar-refractivity contribution is -0.137. The number of rotatable bonds is 4. The van der Waals surface area contributed by atoms with E-state index in [1.165, 1.54) is 6.20 Å². The van der Waals surface area contributed by atoms with Crippen LogP contribution in [0.25, 0.3) is 28.6 Å². The Kier molecular flexibility index (Phi) is 6.06. The van der Waals surface area contributed by atoms with Gasteiger partial charge in [-0.25, -0.2) is 4.98 Å². The van der Waals surface area contributed by atoms with Gasteiger partial charge in [0, 0.05) is 29.7 Å². The van der Waals surface area contributed by atoms with E-state index in [2.05, 4.69) is 27.0 Å². The molecule has 1 fully saturated rings. The molecule has 0 unspecified atom stereocenters. The zero-order valence-electron chi connectivity index (χ0n) is 17.7. The average molecular weight is 545 g/mol. The number of nitrogens with zero attached hydrogens (tertiary/aromatic N) is 4. The summed E-state index contributed by atoms with van der Waals surface area (Å²) in [5.74, 6) is 0.501. The largest absolute Gasteiger partial charge is 0.487 e. The smallest absolute Gasteiger partial charge is 0.417 e. The van der Waals surface area contributed by atoms with Crippen molar-refractivity contribution in [1.82, 2.24) is 24.8 Å². The lowest BCUT2D eigenvalue weighted by atomic mass is 10.1. The summed E-state index contributed by atoms with van der Waals surface area (Å²) in [6.45, 7) is 4.50. The van der Waals surface area contributed by atoms with Gasteiger partial charge >= 0.3 is 6.18 Å². The fourth-order valence-electron chi connectivity index (χ4n) is 3.61. The van der Waals surface area contributed by atoms with Crippen molar-refractivity contribution >= 4 is 40.4 Å². The Morgan fingerprint density at radius 3 is 2.60 bits per heavy atom. The number of fused-ring (bicyclic) bond motifs is 1. The SMILES string of the molecule is C=C1CC[C@H](Oc2cc(Cl)c(-c3noc(-c4cn5cc(C(F)(F)F)cc(Cl)c5n4)n3)cc2Cl)CN1. The maximum Gasteiger partial charge on any atom is 0.417 e. The molecule has 4 heterocycles. The number of aromatic nitrogens is 4. The third-order valence-corrected chi connectivity index (χ3v) is 6.27. The Morgan fingerprint density at radius 2 is 1.89 bits per heavy atom. The van der Waals surface area contributed by atoms with Gasteiger partial charge in [0.2, 0.25) is 5.82 Å². The van der Waals surface area contributed by atoms with Gasteiger partial charge in [-0.15, -0.1) is 0 Å². The Hall–Kier alpha value is -2.95. The van der Waals surface area contributed by atoms with Crippen LogP contribution in [-0.4, -0.2) is 32.2 Å². The molecule has 182 valence electrons. The van der Waals surface area contributed by atoms with Crippen LogP contribution in [0.3, 0.4) is 0 Å². The van der Waals surface area contributed by atoms with E-state index in [0.717, 1.165) is 35.2 Å².